The molecule has 0 atom stereocenters. The second kappa shape index (κ2) is 7.04. The van der Waals surface area contributed by atoms with E-state index in [2.05, 4.69) is 34.1 Å². The number of aromatic nitrogens is 2. The van der Waals surface area contributed by atoms with Crippen LogP contribution in [0.1, 0.15) is 32.1 Å². The molecule has 2 aromatic rings. The molecule has 0 spiro atoms. The number of carboxylic acids is 1. The van der Waals surface area contributed by atoms with Crippen LogP contribution in [0.5, 0.6) is 0 Å². The van der Waals surface area contributed by atoms with Crippen LogP contribution in [0.15, 0.2) is 11.6 Å². The first kappa shape index (κ1) is 17.1. The molecule has 1 fully saturated rings. The standard InChI is InChI=1S/C17H24N4O2S/c1-12-13(2)24-11-14(12)9-20-4-6-21(7-5-20)10-16-15(17(22)23)8-18-19(16)3/h8,11H,4-7,9-10H2,1-3H3,(H,22,23). The maximum atomic E-state index is 11.3. The molecule has 0 aliphatic carbocycles. The van der Waals surface area contributed by atoms with E-state index < -0.39 is 5.97 Å². The molecule has 24 heavy (non-hydrogen) atoms. The molecule has 0 unspecified atom stereocenters. The molecule has 0 bridgehead atoms. The van der Waals surface area contributed by atoms with Gasteiger partial charge in [0.15, 0.2) is 0 Å². The van der Waals surface area contributed by atoms with Crippen LogP contribution in [0.2, 0.25) is 0 Å². The molecule has 2 aromatic heterocycles. The molecule has 3 heterocycles. The quantitative estimate of drug-likeness (QED) is 0.897. The van der Waals surface area contributed by atoms with E-state index in [1.165, 1.54) is 22.2 Å². The van der Waals surface area contributed by atoms with Gasteiger partial charge >= 0.3 is 5.97 Å². The van der Waals surface area contributed by atoms with Crippen LogP contribution in [-0.4, -0.2) is 56.8 Å². The Morgan fingerprint density at radius 2 is 1.83 bits per heavy atom. The molecular weight excluding hydrogens is 324 g/mol. The van der Waals surface area contributed by atoms with E-state index in [4.69, 9.17) is 0 Å². The summed E-state index contributed by atoms with van der Waals surface area (Å²) in [5, 5.41) is 15.6. The van der Waals surface area contributed by atoms with Crippen LogP contribution in [0.4, 0.5) is 0 Å². The molecule has 0 aromatic carbocycles. The predicted molar refractivity (Wildman–Crippen MR) is 94.5 cm³/mol. The van der Waals surface area contributed by atoms with E-state index in [0.717, 1.165) is 38.4 Å². The Balaban J connectivity index is 1.57. The minimum Gasteiger partial charge on any atom is -0.478 e. The summed E-state index contributed by atoms with van der Waals surface area (Å²) in [4.78, 5) is 17.5. The first-order valence-corrected chi connectivity index (χ1v) is 9.06. The van der Waals surface area contributed by atoms with Crippen LogP contribution in [-0.2, 0) is 20.1 Å². The fraction of sp³-hybridized carbons (Fsp3) is 0.529. The molecule has 0 amide bonds. The van der Waals surface area contributed by atoms with Crippen molar-refractivity contribution in [3.05, 3.63) is 38.8 Å². The minimum absolute atomic E-state index is 0.310. The van der Waals surface area contributed by atoms with Crippen molar-refractivity contribution in [3.8, 4) is 0 Å². The highest BCUT2D eigenvalue weighted by atomic mass is 32.1. The lowest BCUT2D eigenvalue weighted by atomic mass is 10.1. The average Bonchev–Trinajstić information content (AvgIpc) is 3.07. The summed E-state index contributed by atoms with van der Waals surface area (Å²) < 4.78 is 1.67. The summed E-state index contributed by atoms with van der Waals surface area (Å²) in [6.07, 6.45) is 1.44. The first-order valence-electron chi connectivity index (χ1n) is 8.18. The number of carboxylic acid groups (broad SMARTS) is 1. The molecule has 1 N–H and O–H groups in total. The summed E-state index contributed by atoms with van der Waals surface area (Å²) in [5.74, 6) is -0.903. The smallest absolute Gasteiger partial charge is 0.339 e. The van der Waals surface area contributed by atoms with Gasteiger partial charge < -0.3 is 5.11 Å². The van der Waals surface area contributed by atoms with Crippen molar-refractivity contribution in [2.75, 3.05) is 26.2 Å². The second-order valence-electron chi connectivity index (χ2n) is 6.43. The van der Waals surface area contributed by atoms with Crippen LogP contribution >= 0.6 is 11.3 Å². The van der Waals surface area contributed by atoms with E-state index in [1.807, 2.05) is 11.3 Å². The fourth-order valence-corrected chi connectivity index (χ4v) is 3.98. The highest BCUT2D eigenvalue weighted by Crippen LogP contribution is 2.22. The van der Waals surface area contributed by atoms with Gasteiger partial charge in [0, 0.05) is 51.2 Å². The molecule has 1 saturated heterocycles. The number of piperazine rings is 1. The monoisotopic (exact) mass is 348 g/mol. The number of aryl methyl sites for hydroxylation is 2. The van der Waals surface area contributed by atoms with Crippen molar-refractivity contribution in [1.29, 1.82) is 0 Å². The van der Waals surface area contributed by atoms with Gasteiger partial charge in [-0.2, -0.15) is 5.10 Å². The van der Waals surface area contributed by atoms with E-state index in [9.17, 15) is 9.90 Å². The minimum atomic E-state index is -0.903. The van der Waals surface area contributed by atoms with Crippen molar-refractivity contribution < 1.29 is 9.90 Å². The third-order valence-corrected chi connectivity index (χ3v) is 5.97. The number of hydrogen-bond donors (Lipinski definition) is 1. The SMILES string of the molecule is Cc1scc(CN2CCN(Cc3c(C(=O)O)cnn3C)CC2)c1C. The lowest BCUT2D eigenvalue weighted by Gasteiger charge is -2.34. The van der Waals surface area contributed by atoms with Gasteiger partial charge in [-0.1, -0.05) is 0 Å². The Labute approximate surface area is 146 Å². The number of aromatic carboxylic acids is 1. The van der Waals surface area contributed by atoms with Gasteiger partial charge in [-0.15, -0.1) is 11.3 Å². The van der Waals surface area contributed by atoms with Crippen molar-refractivity contribution in [1.82, 2.24) is 19.6 Å². The maximum Gasteiger partial charge on any atom is 0.339 e. The van der Waals surface area contributed by atoms with Crippen molar-refractivity contribution in [2.24, 2.45) is 7.05 Å². The highest BCUT2D eigenvalue weighted by molar-refractivity contribution is 7.10. The third kappa shape index (κ3) is 3.53. The lowest BCUT2D eigenvalue weighted by Crippen LogP contribution is -2.45. The van der Waals surface area contributed by atoms with Gasteiger partial charge in [0.2, 0.25) is 0 Å². The average molecular weight is 348 g/mol. The van der Waals surface area contributed by atoms with Gasteiger partial charge in [0.05, 0.1) is 11.9 Å². The van der Waals surface area contributed by atoms with Gasteiger partial charge in [-0.25, -0.2) is 4.79 Å². The zero-order chi connectivity index (χ0) is 17.3. The maximum absolute atomic E-state index is 11.3. The van der Waals surface area contributed by atoms with E-state index in [1.54, 1.807) is 11.7 Å². The Hall–Kier alpha value is -1.70. The number of nitrogens with zero attached hydrogens (tertiary/aromatic N) is 4. The molecule has 1 aliphatic rings. The number of rotatable bonds is 5. The molecule has 1 aliphatic heterocycles. The Morgan fingerprint density at radius 1 is 1.21 bits per heavy atom. The molecule has 0 radical (unpaired) electrons. The van der Waals surface area contributed by atoms with Crippen LogP contribution in [0.25, 0.3) is 0 Å². The van der Waals surface area contributed by atoms with Crippen LogP contribution in [0.3, 0.4) is 0 Å². The topological polar surface area (TPSA) is 61.6 Å². The summed E-state index contributed by atoms with van der Waals surface area (Å²) in [6, 6.07) is 0. The zero-order valence-electron chi connectivity index (χ0n) is 14.4. The van der Waals surface area contributed by atoms with Crippen molar-refractivity contribution >= 4 is 17.3 Å². The molecular formula is C17H24N4O2S. The predicted octanol–water partition coefficient (Wildman–Crippen LogP) is 2.11. The number of hydrogen-bond acceptors (Lipinski definition) is 5. The second-order valence-corrected chi connectivity index (χ2v) is 7.51. The Bertz CT molecular complexity index is 729. The molecule has 6 nitrogen and oxygen atoms in total. The Kier molecular flexibility index (Phi) is 5.03. The zero-order valence-corrected chi connectivity index (χ0v) is 15.3. The fourth-order valence-electron chi connectivity index (χ4n) is 3.11. The molecule has 3 rings (SSSR count). The van der Waals surface area contributed by atoms with E-state index in [0.29, 0.717) is 12.1 Å². The van der Waals surface area contributed by atoms with Crippen molar-refractivity contribution in [2.45, 2.75) is 26.9 Å². The van der Waals surface area contributed by atoms with Crippen LogP contribution in [0, 0.1) is 13.8 Å². The van der Waals surface area contributed by atoms with Gasteiger partial charge in [0.1, 0.15) is 5.56 Å². The van der Waals surface area contributed by atoms with Gasteiger partial charge in [-0.05, 0) is 30.4 Å². The molecule has 0 saturated carbocycles. The largest absolute Gasteiger partial charge is 0.478 e. The molecule has 7 heteroatoms. The van der Waals surface area contributed by atoms with Crippen LogP contribution < -0.4 is 0 Å². The summed E-state index contributed by atoms with van der Waals surface area (Å²) in [6.45, 7) is 9.95. The van der Waals surface area contributed by atoms with Crippen molar-refractivity contribution in [3.63, 3.8) is 0 Å². The highest BCUT2D eigenvalue weighted by Gasteiger charge is 2.22. The summed E-state index contributed by atoms with van der Waals surface area (Å²) in [5.41, 5.74) is 3.94. The first-order chi connectivity index (χ1) is 11.5. The normalized spacial score (nSPS) is 16.6. The third-order valence-electron chi connectivity index (χ3n) is 4.91. The van der Waals surface area contributed by atoms with Gasteiger partial charge in [-0.3, -0.25) is 14.5 Å². The van der Waals surface area contributed by atoms with E-state index in [-0.39, 0.29) is 0 Å². The number of carbonyl (C=O) groups is 1. The van der Waals surface area contributed by atoms with E-state index >= 15 is 0 Å². The number of thiophene rings is 1. The molecule has 130 valence electrons. The Morgan fingerprint density at radius 3 is 2.38 bits per heavy atom. The lowest BCUT2D eigenvalue weighted by molar-refractivity contribution is 0.0692. The summed E-state index contributed by atoms with van der Waals surface area (Å²) in [7, 11) is 1.81. The van der Waals surface area contributed by atoms with Gasteiger partial charge in [0.25, 0.3) is 0 Å². The summed E-state index contributed by atoms with van der Waals surface area (Å²) >= 11 is 1.83.